The minimum absolute atomic E-state index is 0.370. The van der Waals surface area contributed by atoms with E-state index in [1.165, 1.54) is 22.8 Å². The van der Waals surface area contributed by atoms with Crippen molar-refractivity contribution in [1.82, 2.24) is 0 Å². The third-order valence-corrected chi connectivity index (χ3v) is 5.28. The Kier molecular flexibility index (Phi) is 4.27. The number of rotatable bonds is 3. The molecule has 0 radical (unpaired) electrons. The molecule has 0 N–H and O–H groups in total. The zero-order valence-corrected chi connectivity index (χ0v) is 13.2. The maximum atomic E-state index is 5.60. The van der Waals surface area contributed by atoms with Crippen molar-refractivity contribution in [2.24, 2.45) is 5.92 Å². The zero-order chi connectivity index (χ0) is 13.9. The van der Waals surface area contributed by atoms with Gasteiger partial charge in [-0.3, -0.25) is 0 Å². The van der Waals surface area contributed by atoms with Crippen molar-refractivity contribution in [3.63, 3.8) is 0 Å². The molecule has 0 spiro atoms. The lowest BCUT2D eigenvalue weighted by atomic mass is 9.93. The molecule has 0 aromatic heterocycles. The number of hydrogen-bond donors (Lipinski definition) is 0. The maximum absolute atomic E-state index is 5.60. The molecule has 2 aromatic rings. The molecule has 1 aliphatic heterocycles. The fourth-order valence-corrected chi connectivity index (χ4v) is 3.51. The summed E-state index contributed by atoms with van der Waals surface area (Å²) >= 11 is 3.86. The molecule has 1 heterocycles. The molecule has 3 rings (SSSR count). The van der Waals surface area contributed by atoms with Gasteiger partial charge in [-0.25, -0.2) is 0 Å². The van der Waals surface area contributed by atoms with Crippen LogP contribution in [0.5, 0.6) is 5.75 Å². The Morgan fingerprint density at radius 1 is 1.20 bits per heavy atom. The van der Waals surface area contributed by atoms with Crippen LogP contribution in [0.3, 0.4) is 0 Å². The largest absolute Gasteiger partial charge is 0.497 e. The second-order valence-electron chi connectivity index (χ2n) is 5.35. The molecule has 106 valence electrons. The van der Waals surface area contributed by atoms with Gasteiger partial charge in [-0.05, 0) is 47.2 Å². The number of halogens is 1. The van der Waals surface area contributed by atoms with Crippen LogP contribution < -0.4 is 4.74 Å². The highest BCUT2D eigenvalue weighted by atomic mass is 79.9. The van der Waals surface area contributed by atoms with Gasteiger partial charge in [0.2, 0.25) is 0 Å². The van der Waals surface area contributed by atoms with Crippen LogP contribution in [-0.4, -0.2) is 20.3 Å². The fourth-order valence-electron chi connectivity index (χ4n) is 2.81. The molecule has 2 atom stereocenters. The molecular weight excluding hydrogens is 316 g/mol. The highest BCUT2D eigenvalue weighted by Gasteiger charge is 2.23. The summed E-state index contributed by atoms with van der Waals surface area (Å²) < 4.78 is 10.9. The number of ether oxygens (including phenoxy) is 2. The summed E-state index contributed by atoms with van der Waals surface area (Å²) in [6.07, 6.45) is 2.40. The van der Waals surface area contributed by atoms with E-state index < -0.39 is 0 Å². The second kappa shape index (κ2) is 6.15. The Labute approximate surface area is 128 Å². The molecule has 0 bridgehead atoms. The highest BCUT2D eigenvalue weighted by Crippen LogP contribution is 2.37. The first-order chi connectivity index (χ1) is 9.78. The molecule has 1 fully saturated rings. The maximum Gasteiger partial charge on any atom is 0.119 e. The van der Waals surface area contributed by atoms with Gasteiger partial charge in [-0.15, -0.1) is 0 Å². The van der Waals surface area contributed by atoms with E-state index in [0.717, 1.165) is 25.4 Å². The summed E-state index contributed by atoms with van der Waals surface area (Å²) in [5.41, 5.74) is 1.33. The van der Waals surface area contributed by atoms with Crippen LogP contribution in [0.1, 0.15) is 23.2 Å². The summed E-state index contributed by atoms with van der Waals surface area (Å²) in [7, 11) is 1.70. The summed E-state index contributed by atoms with van der Waals surface area (Å²) in [4.78, 5) is 0.370. The van der Waals surface area contributed by atoms with Crippen molar-refractivity contribution in [3.05, 3.63) is 42.0 Å². The molecule has 2 unspecified atom stereocenters. The van der Waals surface area contributed by atoms with Crippen molar-refractivity contribution in [2.45, 2.75) is 17.7 Å². The number of fused-ring (bicyclic) bond motifs is 1. The predicted molar refractivity (Wildman–Crippen MR) is 85.7 cm³/mol. The van der Waals surface area contributed by atoms with Gasteiger partial charge in [0.25, 0.3) is 0 Å². The lowest BCUT2D eigenvalue weighted by Crippen LogP contribution is -2.20. The van der Waals surface area contributed by atoms with Crippen LogP contribution >= 0.6 is 15.9 Å². The molecule has 0 aliphatic carbocycles. The Bertz CT molecular complexity index is 591. The third-order valence-electron chi connectivity index (χ3n) is 4.00. The van der Waals surface area contributed by atoms with Crippen LogP contribution in [0.15, 0.2) is 36.4 Å². The lowest BCUT2D eigenvalue weighted by Gasteiger charge is -2.27. The van der Waals surface area contributed by atoms with E-state index in [1.54, 1.807) is 7.11 Å². The molecule has 0 saturated carbocycles. The van der Waals surface area contributed by atoms with Crippen LogP contribution in [0, 0.1) is 5.92 Å². The summed E-state index contributed by atoms with van der Waals surface area (Å²) in [5, 5.41) is 2.47. The SMILES string of the molecule is COc1ccc2cc(C(Br)C3CCCOC3)ccc2c1. The molecule has 20 heavy (non-hydrogen) atoms. The van der Waals surface area contributed by atoms with Crippen molar-refractivity contribution in [2.75, 3.05) is 20.3 Å². The van der Waals surface area contributed by atoms with Gasteiger partial charge in [-0.1, -0.05) is 40.2 Å². The predicted octanol–water partition coefficient (Wildman–Crippen LogP) is 4.71. The summed E-state index contributed by atoms with van der Waals surface area (Å²) in [6.45, 7) is 1.77. The first kappa shape index (κ1) is 13.9. The van der Waals surface area contributed by atoms with Crippen molar-refractivity contribution < 1.29 is 9.47 Å². The molecule has 0 amide bonds. The second-order valence-corrected chi connectivity index (χ2v) is 6.34. The normalized spacial score (nSPS) is 20.8. The van der Waals surface area contributed by atoms with E-state index in [1.807, 2.05) is 6.07 Å². The van der Waals surface area contributed by atoms with E-state index in [9.17, 15) is 0 Å². The van der Waals surface area contributed by atoms with Gasteiger partial charge in [-0.2, -0.15) is 0 Å². The van der Waals surface area contributed by atoms with Crippen molar-refractivity contribution in [3.8, 4) is 5.75 Å². The van der Waals surface area contributed by atoms with E-state index in [0.29, 0.717) is 10.7 Å². The van der Waals surface area contributed by atoms with Crippen molar-refractivity contribution >= 4 is 26.7 Å². The van der Waals surface area contributed by atoms with Gasteiger partial charge in [0, 0.05) is 11.4 Å². The number of hydrogen-bond acceptors (Lipinski definition) is 2. The average Bonchev–Trinajstić information content (AvgIpc) is 2.54. The monoisotopic (exact) mass is 334 g/mol. The van der Waals surface area contributed by atoms with Gasteiger partial charge >= 0.3 is 0 Å². The first-order valence-corrected chi connectivity index (χ1v) is 7.99. The zero-order valence-electron chi connectivity index (χ0n) is 11.6. The lowest BCUT2D eigenvalue weighted by molar-refractivity contribution is 0.0546. The molecule has 1 aliphatic rings. The molecular formula is C17H19BrO2. The Balaban J connectivity index is 1.88. The average molecular weight is 335 g/mol. The van der Waals surface area contributed by atoms with Crippen LogP contribution in [0.2, 0.25) is 0 Å². The van der Waals surface area contributed by atoms with Gasteiger partial charge < -0.3 is 9.47 Å². The van der Waals surface area contributed by atoms with Gasteiger partial charge in [0.05, 0.1) is 13.7 Å². The van der Waals surface area contributed by atoms with E-state index in [4.69, 9.17) is 9.47 Å². The summed E-state index contributed by atoms with van der Waals surface area (Å²) in [5.74, 6) is 1.47. The fraction of sp³-hybridized carbons (Fsp3) is 0.412. The van der Waals surface area contributed by atoms with E-state index >= 15 is 0 Å². The summed E-state index contributed by atoms with van der Waals surface area (Å²) in [6, 6.07) is 12.9. The van der Waals surface area contributed by atoms with Gasteiger partial charge in [0.1, 0.15) is 5.75 Å². The number of alkyl halides is 1. The molecule has 3 heteroatoms. The number of methoxy groups -OCH3 is 1. The number of benzene rings is 2. The van der Waals surface area contributed by atoms with Crippen LogP contribution in [-0.2, 0) is 4.74 Å². The van der Waals surface area contributed by atoms with Crippen LogP contribution in [0.4, 0.5) is 0 Å². The smallest absolute Gasteiger partial charge is 0.119 e. The highest BCUT2D eigenvalue weighted by molar-refractivity contribution is 9.09. The molecule has 2 aromatic carbocycles. The minimum Gasteiger partial charge on any atom is -0.497 e. The first-order valence-electron chi connectivity index (χ1n) is 7.07. The Hall–Kier alpha value is -1.06. The topological polar surface area (TPSA) is 18.5 Å². The molecule has 2 nitrogen and oxygen atoms in total. The van der Waals surface area contributed by atoms with Crippen LogP contribution in [0.25, 0.3) is 10.8 Å². The quantitative estimate of drug-likeness (QED) is 0.756. The van der Waals surface area contributed by atoms with E-state index in [-0.39, 0.29) is 0 Å². The Morgan fingerprint density at radius 2 is 2.00 bits per heavy atom. The van der Waals surface area contributed by atoms with Crippen molar-refractivity contribution in [1.29, 1.82) is 0 Å². The molecule has 1 saturated heterocycles. The Morgan fingerprint density at radius 3 is 2.75 bits per heavy atom. The van der Waals surface area contributed by atoms with E-state index in [2.05, 4.69) is 46.3 Å². The third kappa shape index (κ3) is 2.84. The van der Waals surface area contributed by atoms with Gasteiger partial charge in [0.15, 0.2) is 0 Å². The minimum atomic E-state index is 0.370. The standard InChI is InChI=1S/C17H19BrO2/c1-19-16-7-6-12-9-14(5-4-13(12)10-16)17(18)15-3-2-8-20-11-15/h4-7,9-10,15,17H,2-3,8,11H2,1H3.